The fourth-order valence-electron chi connectivity index (χ4n) is 2.64. The van der Waals surface area contributed by atoms with E-state index in [9.17, 15) is 4.79 Å². The molecule has 0 unspecified atom stereocenters. The van der Waals surface area contributed by atoms with Gasteiger partial charge in [0.2, 0.25) is 0 Å². The number of halogens is 1. The highest BCUT2D eigenvalue weighted by molar-refractivity contribution is 6.30. The van der Waals surface area contributed by atoms with Crippen LogP contribution in [0, 0.1) is 5.92 Å². The molecule has 0 saturated carbocycles. The standard InChI is InChI=1S/C17H24ClNO2/c1-17(2,3)21-16(20)19-9-7-13(8-10-19)11-14-5-4-6-15(18)12-14/h4-6,12-13H,7-11H2,1-3H3. The minimum atomic E-state index is -0.422. The second-order valence-corrected chi connectivity index (χ2v) is 7.18. The molecule has 0 aromatic heterocycles. The van der Waals surface area contributed by atoms with Gasteiger partial charge in [-0.15, -0.1) is 0 Å². The summed E-state index contributed by atoms with van der Waals surface area (Å²) in [7, 11) is 0. The lowest BCUT2D eigenvalue weighted by atomic mass is 9.90. The van der Waals surface area contributed by atoms with Crippen molar-refractivity contribution in [2.24, 2.45) is 5.92 Å². The van der Waals surface area contributed by atoms with E-state index in [0.717, 1.165) is 37.4 Å². The van der Waals surface area contributed by atoms with Crippen LogP contribution >= 0.6 is 11.6 Å². The maximum absolute atomic E-state index is 12.0. The Balaban J connectivity index is 1.82. The van der Waals surface area contributed by atoms with Crippen LogP contribution in [-0.4, -0.2) is 29.7 Å². The molecule has 1 aromatic rings. The molecule has 1 amide bonds. The smallest absolute Gasteiger partial charge is 0.410 e. The van der Waals surface area contributed by atoms with Gasteiger partial charge in [-0.3, -0.25) is 0 Å². The van der Waals surface area contributed by atoms with Gasteiger partial charge in [0, 0.05) is 18.1 Å². The van der Waals surface area contributed by atoms with Crippen molar-refractivity contribution in [1.82, 2.24) is 4.90 Å². The molecule has 116 valence electrons. The van der Waals surface area contributed by atoms with E-state index in [-0.39, 0.29) is 6.09 Å². The average molecular weight is 310 g/mol. The number of ether oxygens (including phenoxy) is 1. The third-order valence-corrected chi connectivity index (χ3v) is 3.91. The Labute approximate surface area is 132 Å². The summed E-state index contributed by atoms with van der Waals surface area (Å²) in [6.45, 7) is 7.25. The first-order valence-electron chi connectivity index (χ1n) is 7.56. The van der Waals surface area contributed by atoms with Crippen LogP contribution in [-0.2, 0) is 11.2 Å². The van der Waals surface area contributed by atoms with Gasteiger partial charge in [0.1, 0.15) is 5.60 Å². The van der Waals surface area contributed by atoms with Crippen molar-refractivity contribution >= 4 is 17.7 Å². The Kier molecular flexibility index (Phi) is 5.15. The van der Waals surface area contributed by atoms with Gasteiger partial charge >= 0.3 is 6.09 Å². The Bertz CT molecular complexity index is 488. The van der Waals surface area contributed by atoms with Crippen molar-refractivity contribution in [2.75, 3.05) is 13.1 Å². The zero-order valence-corrected chi connectivity index (χ0v) is 13.8. The first kappa shape index (κ1) is 16.2. The minimum Gasteiger partial charge on any atom is -0.444 e. The number of piperidine rings is 1. The average Bonchev–Trinajstić information content (AvgIpc) is 2.37. The Morgan fingerprint density at radius 2 is 2.00 bits per heavy atom. The van der Waals surface area contributed by atoms with Crippen LogP contribution in [0.25, 0.3) is 0 Å². The molecule has 21 heavy (non-hydrogen) atoms. The summed E-state index contributed by atoms with van der Waals surface area (Å²) in [5.74, 6) is 0.613. The van der Waals surface area contributed by atoms with Gasteiger partial charge in [0.05, 0.1) is 0 Å². The van der Waals surface area contributed by atoms with E-state index >= 15 is 0 Å². The lowest BCUT2D eigenvalue weighted by Crippen LogP contribution is -2.42. The summed E-state index contributed by atoms with van der Waals surface area (Å²) in [6, 6.07) is 8.04. The molecular formula is C17H24ClNO2. The van der Waals surface area contributed by atoms with Crippen molar-refractivity contribution in [3.8, 4) is 0 Å². The number of hydrogen-bond donors (Lipinski definition) is 0. The van der Waals surface area contributed by atoms with E-state index in [2.05, 4.69) is 6.07 Å². The molecule has 0 atom stereocenters. The lowest BCUT2D eigenvalue weighted by molar-refractivity contribution is 0.0184. The van der Waals surface area contributed by atoms with Crippen LogP contribution in [0.4, 0.5) is 4.79 Å². The highest BCUT2D eigenvalue weighted by Crippen LogP contribution is 2.24. The van der Waals surface area contributed by atoms with Crippen LogP contribution in [0.15, 0.2) is 24.3 Å². The van der Waals surface area contributed by atoms with E-state index in [4.69, 9.17) is 16.3 Å². The number of nitrogens with zero attached hydrogens (tertiary/aromatic N) is 1. The van der Waals surface area contributed by atoms with Gasteiger partial charge in [-0.05, 0) is 63.6 Å². The molecule has 1 aliphatic heterocycles. The summed E-state index contributed by atoms with van der Waals surface area (Å²) in [5, 5.41) is 0.790. The van der Waals surface area contributed by atoms with Crippen LogP contribution in [0.3, 0.4) is 0 Å². The predicted molar refractivity (Wildman–Crippen MR) is 85.7 cm³/mol. The van der Waals surface area contributed by atoms with Gasteiger partial charge in [-0.25, -0.2) is 4.79 Å². The normalized spacial score (nSPS) is 16.9. The van der Waals surface area contributed by atoms with Gasteiger partial charge in [-0.2, -0.15) is 0 Å². The highest BCUT2D eigenvalue weighted by atomic mass is 35.5. The largest absolute Gasteiger partial charge is 0.444 e. The van der Waals surface area contributed by atoms with E-state index < -0.39 is 5.60 Å². The zero-order valence-electron chi connectivity index (χ0n) is 13.1. The molecular weight excluding hydrogens is 286 g/mol. The summed E-state index contributed by atoms with van der Waals surface area (Å²) >= 11 is 6.02. The van der Waals surface area contributed by atoms with Crippen molar-refractivity contribution in [1.29, 1.82) is 0 Å². The third kappa shape index (κ3) is 5.24. The molecule has 2 rings (SSSR count). The maximum Gasteiger partial charge on any atom is 0.410 e. The number of amides is 1. The van der Waals surface area contributed by atoms with Crippen LogP contribution < -0.4 is 0 Å². The first-order chi connectivity index (χ1) is 9.83. The topological polar surface area (TPSA) is 29.5 Å². The summed E-state index contributed by atoms with van der Waals surface area (Å²) in [6.07, 6.45) is 2.88. The molecule has 1 aliphatic rings. The molecule has 0 spiro atoms. The first-order valence-corrected chi connectivity index (χ1v) is 7.94. The quantitative estimate of drug-likeness (QED) is 0.803. The van der Waals surface area contributed by atoms with Crippen molar-refractivity contribution < 1.29 is 9.53 Å². The molecule has 0 N–H and O–H groups in total. The van der Waals surface area contributed by atoms with E-state index in [1.54, 1.807) is 0 Å². The molecule has 0 aliphatic carbocycles. The minimum absolute atomic E-state index is 0.191. The van der Waals surface area contributed by atoms with Crippen molar-refractivity contribution in [2.45, 2.75) is 45.6 Å². The number of carbonyl (C=O) groups is 1. The molecule has 4 heteroatoms. The van der Waals surface area contributed by atoms with E-state index in [1.165, 1.54) is 5.56 Å². The third-order valence-electron chi connectivity index (χ3n) is 3.68. The number of likely N-dealkylation sites (tertiary alicyclic amines) is 1. The Morgan fingerprint density at radius 1 is 1.33 bits per heavy atom. The number of carbonyl (C=O) groups excluding carboxylic acids is 1. The molecule has 1 heterocycles. The van der Waals surface area contributed by atoms with Gasteiger partial charge < -0.3 is 9.64 Å². The van der Waals surface area contributed by atoms with Crippen molar-refractivity contribution in [3.05, 3.63) is 34.9 Å². The number of benzene rings is 1. The van der Waals surface area contributed by atoms with Gasteiger partial charge in [-0.1, -0.05) is 23.7 Å². The lowest BCUT2D eigenvalue weighted by Gasteiger charge is -2.33. The molecule has 1 saturated heterocycles. The summed E-state index contributed by atoms with van der Waals surface area (Å²) < 4.78 is 5.42. The summed E-state index contributed by atoms with van der Waals surface area (Å²) in [5.41, 5.74) is 0.854. The molecule has 0 radical (unpaired) electrons. The van der Waals surface area contributed by atoms with Crippen LogP contribution in [0.5, 0.6) is 0 Å². The Hall–Kier alpha value is -1.22. The fraction of sp³-hybridized carbons (Fsp3) is 0.588. The van der Waals surface area contributed by atoms with Crippen molar-refractivity contribution in [3.63, 3.8) is 0 Å². The van der Waals surface area contributed by atoms with E-state index in [1.807, 2.05) is 43.9 Å². The monoisotopic (exact) mass is 309 g/mol. The number of rotatable bonds is 2. The number of hydrogen-bond acceptors (Lipinski definition) is 2. The SMILES string of the molecule is CC(C)(C)OC(=O)N1CCC(Cc2cccc(Cl)c2)CC1. The van der Waals surface area contributed by atoms with Crippen LogP contribution in [0.2, 0.25) is 5.02 Å². The molecule has 0 bridgehead atoms. The molecule has 3 nitrogen and oxygen atoms in total. The second kappa shape index (κ2) is 6.69. The Morgan fingerprint density at radius 3 is 2.57 bits per heavy atom. The highest BCUT2D eigenvalue weighted by Gasteiger charge is 2.26. The zero-order chi connectivity index (χ0) is 15.5. The summed E-state index contributed by atoms with van der Waals surface area (Å²) in [4.78, 5) is 13.8. The molecule has 1 fully saturated rings. The predicted octanol–water partition coefficient (Wildman–Crippen LogP) is 4.53. The maximum atomic E-state index is 12.0. The molecule has 1 aromatic carbocycles. The van der Waals surface area contributed by atoms with Gasteiger partial charge in [0.15, 0.2) is 0 Å². The van der Waals surface area contributed by atoms with Gasteiger partial charge in [0.25, 0.3) is 0 Å². The van der Waals surface area contributed by atoms with Crippen LogP contribution in [0.1, 0.15) is 39.2 Å². The fourth-order valence-corrected chi connectivity index (χ4v) is 2.86. The second-order valence-electron chi connectivity index (χ2n) is 6.74. The van der Waals surface area contributed by atoms with E-state index in [0.29, 0.717) is 5.92 Å².